The highest BCUT2D eigenvalue weighted by Crippen LogP contribution is 2.21. The van der Waals surface area contributed by atoms with Gasteiger partial charge in [0.1, 0.15) is 0 Å². The van der Waals surface area contributed by atoms with Gasteiger partial charge in [0.2, 0.25) is 4.96 Å². The average Bonchev–Trinajstić information content (AvgIpc) is 3.37. The molecule has 132 valence electrons. The minimum Gasteiger partial charge on any atom is -0.372 e. The fourth-order valence-electron chi connectivity index (χ4n) is 2.87. The summed E-state index contributed by atoms with van der Waals surface area (Å²) in [5, 5.41) is 6.34. The van der Waals surface area contributed by atoms with Gasteiger partial charge in [-0.3, -0.25) is 4.79 Å². The second-order valence-corrected chi connectivity index (χ2v) is 7.74. The van der Waals surface area contributed by atoms with Gasteiger partial charge in [0.25, 0.3) is 5.56 Å². The van der Waals surface area contributed by atoms with E-state index in [4.69, 9.17) is 0 Å². The quantitative estimate of drug-likeness (QED) is 0.532. The number of thiazole rings is 1. The maximum Gasteiger partial charge on any atom is 0.291 e. The summed E-state index contributed by atoms with van der Waals surface area (Å²) in [5.41, 5.74) is 2.08. The zero-order valence-corrected chi connectivity index (χ0v) is 16.2. The van der Waals surface area contributed by atoms with Crippen LogP contribution < -0.4 is 15.0 Å². The first-order valence-corrected chi connectivity index (χ1v) is 10.2. The third-order valence-corrected chi connectivity index (χ3v) is 6.07. The molecule has 3 heterocycles. The average molecular weight is 383 g/mol. The number of thiophene rings is 1. The predicted octanol–water partition coefficient (Wildman–Crippen LogP) is 3.27. The van der Waals surface area contributed by atoms with E-state index in [0.717, 1.165) is 23.5 Å². The van der Waals surface area contributed by atoms with Gasteiger partial charge < -0.3 is 4.90 Å². The number of hydrogen-bond acceptors (Lipinski definition) is 6. The molecule has 0 bridgehead atoms. The van der Waals surface area contributed by atoms with Gasteiger partial charge in [-0.1, -0.05) is 29.5 Å². The lowest BCUT2D eigenvalue weighted by Crippen LogP contribution is -2.23. The summed E-state index contributed by atoms with van der Waals surface area (Å²) in [6.45, 7) is 6.24. The third kappa shape index (κ3) is 3.04. The molecule has 5 nitrogen and oxygen atoms in total. The van der Waals surface area contributed by atoms with Crippen molar-refractivity contribution in [3.05, 3.63) is 62.2 Å². The van der Waals surface area contributed by atoms with Gasteiger partial charge in [0.05, 0.1) is 9.41 Å². The van der Waals surface area contributed by atoms with Crippen molar-refractivity contribution in [3.8, 4) is 10.7 Å². The van der Waals surface area contributed by atoms with Crippen molar-refractivity contribution in [2.75, 3.05) is 18.0 Å². The van der Waals surface area contributed by atoms with Gasteiger partial charge in [-0.2, -0.15) is 9.50 Å². The molecule has 0 aliphatic heterocycles. The van der Waals surface area contributed by atoms with Crippen LogP contribution in [0.3, 0.4) is 0 Å². The molecule has 26 heavy (non-hydrogen) atoms. The van der Waals surface area contributed by atoms with Crippen LogP contribution in [0.5, 0.6) is 0 Å². The van der Waals surface area contributed by atoms with Crippen LogP contribution in [0.25, 0.3) is 21.7 Å². The zero-order chi connectivity index (χ0) is 18.1. The molecule has 7 heteroatoms. The maximum atomic E-state index is 12.6. The summed E-state index contributed by atoms with van der Waals surface area (Å²) in [6, 6.07) is 12.2. The number of fused-ring (bicyclic) bond motifs is 1. The summed E-state index contributed by atoms with van der Waals surface area (Å²) >= 11 is 2.94. The Balaban J connectivity index is 1.69. The molecule has 3 aromatic heterocycles. The molecule has 0 atom stereocenters. The molecule has 0 aliphatic carbocycles. The lowest BCUT2D eigenvalue weighted by atomic mass is 10.2. The van der Waals surface area contributed by atoms with Crippen LogP contribution in [-0.4, -0.2) is 27.7 Å². The summed E-state index contributed by atoms with van der Waals surface area (Å²) in [4.78, 5) is 21.0. The summed E-state index contributed by atoms with van der Waals surface area (Å²) < 4.78 is 2.05. The third-order valence-electron chi connectivity index (χ3n) is 4.24. The highest BCUT2D eigenvalue weighted by molar-refractivity contribution is 7.15. The van der Waals surface area contributed by atoms with Crippen molar-refractivity contribution < 1.29 is 0 Å². The van der Waals surface area contributed by atoms with Crippen LogP contribution >= 0.6 is 22.7 Å². The van der Waals surface area contributed by atoms with Crippen molar-refractivity contribution in [2.24, 2.45) is 0 Å². The Hall–Kier alpha value is -2.51. The first kappa shape index (κ1) is 16.9. The summed E-state index contributed by atoms with van der Waals surface area (Å²) in [5.74, 6) is 0.610. The maximum absolute atomic E-state index is 12.6. The molecule has 0 aliphatic rings. The Labute approximate surface area is 158 Å². The van der Waals surface area contributed by atoms with Crippen molar-refractivity contribution in [2.45, 2.75) is 13.8 Å². The van der Waals surface area contributed by atoms with Crippen molar-refractivity contribution in [1.82, 2.24) is 14.6 Å². The van der Waals surface area contributed by atoms with E-state index >= 15 is 0 Å². The first-order chi connectivity index (χ1) is 12.7. The Kier molecular flexibility index (Phi) is 4.57. The molecular formula is C19H18N4OS2. The molecule has 0 N–H and O–H groups in total. The Morgan fingerprint density at radius 3 is 2.54 bits per heavy atom. The molecule has 0 unspecified atom stereocenters. The standard InChI is InChI=1S/C19H18N4OS2/c1-3-22(4-2)14-9-7-13(8-10-14)12-16-18(24)23-19(26-16)20-17(21-23)15-6-5-11-25-15/h5-12H,3-4H2,1-2H3/b16-12-. The fourth-order valence-corrected chi connectivity index (χ4v) is 4.43. The fraction of sp³-hybridized carbons (Fsp3) is 0.211. The van der Waals surface area contributed by atoms with E-state index in [2.05, 4.69) is 41.0 Å². The van der Waals surface area contributed by atoms with Crippen molar-refractivity contribution in [1.29, 1.82) is 0 Å². The lowest BCUT2D eigenvalue weighted by molar-refractivity contribution is 0.866. The second-order valence-electron chi connectivity index (χ2n) is 5.79. The van der Waals surface area contributed by atoms with E-state index in [1.165, 1.54) is 21.5 Å². The predicted molar refractivity (Wildman–Crippen MR) is 109 cm³/mol. The zero-order valence-electron chi connectivity index (χ0n) is 14.5. The van der Waals surface area contributed by atoms with Crippen molar-refractivity contribution in [3.63, 3.8) is 0 Å². The minimum atomic E-state index is -0.117. The van der Waals surface area contributed by atoms with Gasteiger partial charge in [0, 0.05) is 18.8 Å². The molecule has 0 saturated heterocycles. The molecule has 1 aromatic carbocycles. The Bertz CT molecular complexity index is 1120. The topological polar surface area (TPSA) is 50.5 Å². The molecule has 0 radical (unpaired) electrons. The summed E-state index contributed by atoms with van der Waals surface area (Å²) in [7, 11) is 0. The number of anilines is 1. The highest BCUT2D eigenvalue weighted by atomic mass is 32.1. The number of benzene rings is 1. The van der Waals surface area contributed by atoms with E-state index < -0.39 is 0 Å². The normalized spacial score (nSPS) is 12.2. The van der Waals surface area contributed by atoms with Crippen LogP contribution in [0.15, 0.2) is 46.6 Å². The van der Waals surface area contributed by atoms with Gasteiger partial charge in [-0.05, 0) is 49.1 Å². The molecule has 4 rings (SSSR count). The SMILES string of the molecule is CCN(CC)c1ccc(/C=c2\sc3nc(-c4cccs4)nn3c2=O)cc1. The number of aromatic nitrogens is 3. The summed E-state index contributed by atoms with van der Waals surface area (Å²) in [6.07, 6.45) is 1.90. The van der Waals surface area contributed by atoms with Gasteiger partial charge in [0.15, 0.2) is 5.82 Å². The minimum absolute atomic E-state index is 0.117. The molecule has 4 aromatic rings. The highest BCUT2D eigenvalue weighted by Gasteiger charge is 2.12. The van der Waals surface area contributed by atoms with Crippen LogP contribution in [0.4, 0.5) is 5.69 Å². The number of rotatable bonds is 5. The van der Waals surface area contributed by atoms with E-state index in [1.54, 1.807) is 11.3 Å². The lowest BCUT2D eigenvalue weighted by Gasteiger charge is -2.20. The number of hydrogen-bond donors (Lipinski definition) is 0. The van der Waals surface area contributed by atoms with E-state index in [0.29, 0.717) is 15.3 Å². The van der Waals surface area contributed by atoms with Crippen molar-refractivity contribution >= 4 is 39.4 Å². The van der Waals surface area contributed by atoms with Gasteiger partial charge >= 0.3 is 0 Å². The van der Waals surface area contributed by atoms with E-state index in [9.17, 15) is 4.79 Å². The second kappa shape index (κ2) is 7.01. The van der Waals surface area contributed by atoms with Crippen LogP contribution in [-0.2, 0) is 0 Å². The van der Waals surface area contributed by atoms with Crippen LogP contribution in [0.2, 0.25) is 0 Å². The monoisotopic (exact) mass is 382 g/mol. The van der Waals surface area contributed by atoms with Gasteiger partial charge in [-0.25, -0.2) is 0 Å². The molecular weight excluding hydrogens is 364 g/mol. The Morgan fingerprint density at radius 2 is 1.92 bits per heavy atom. The molecule has 0 saturated carbocycles. The van der Waals surface area contributed by atoms with E-state index in [-0.39, 0.29) is 5.56 Å². The first-order valence-electron chi connectivity index (χ1n) is 8.49. The number of nitrogens with zero attached hydrogens (tertiary/aromatic N) is 4. The van der Waals surface area contributed by atoms with Crippen LogP contribution in [0.1, 0.15) is 19.4 Å². The van der Waals surface area contributed by atoms with E-state index in [1.807, 2.05) is 35.7 Å². The Morgan fingerprint density at radius 1 is 1.15 bits per heavy atom. The van der Waals surface area contributed by atoms with Gasteiger partial charge in [-0.15, -0.1) is 16.4 Å². The smallest absolute Gasteiger partial charge is 0.291 e. The molecule has 0 fully saturated rings. The van der Waals surface area contributed by atoms with Crippen LogP contribution in [0, 0.1) is 0 Å². The molecule has 0 spiro atoms. The molecule has 0 amide bonds. The largest absolute Gasteiger partial charge is 0.372 e.